The van der Waals surface area contributed by atoms with E-state index in [0.717, 1.165) is 0 Å². The van der Waals surface area contributed by atoms with Gasteiger partial charge in [0, 0.05) is 0 Å². The molecule has 0 saturated heterocycles. The van der Waals surface area contributed by atoms with E-state index >= 15 is 0 Å². The van der Waals surface area contributed by atoms with E-state index in [1.54, 1.807) is 6.92 Å². The average Bonchev–Trinajstić information content (AvgIpc) is 2.31. The SMILES string of the molecule is CCCON(F)c1c(F)c(F)c(F)c(F)c1F. The molecule has 0 radical (unpaired) electrons. The highest BCUT2D eigenvalue weighted by Gasteiger charge is 2.30. The Balaban J connectivity index is 3.24. The molecule has 0 heterocycles. The molecule has 0 N–H and O–H groups in total. The summed E-state index contributed by atoms with van der Waals surface area (Å²) >= 11 is 0. The van der Waals surface area contributed by atoms with Gasteiger partial charge in [0.25, 0.3) is 0 Å². The zero-order valence-corrected chi connectivity index (χ0v) is 8.54. The van der Waals surface area contributed by atoms with Gasteiger partial charge in [0.15, 0.2) is 29.0 Å². The molecule has 0 bridgehead atoms. The molecule has 1 rings (SSSR count). The van der Waals surface area contributed by atoms with Gasteiger partial charge in [-0.25, -0.2) is 26.8 Å². The molecule has 0 spiro atoms. The maximum absolute atomic E-state index is 13.0. The van der Waals surface area contributed by atoms with Crippen molar-refractivity contribution in [1.82, 2.24) is 0 Å². The van der Waals surface area contributed by atoms with Crippen molar-refractivity contribution in [2.75, 3.05) is 11.9 Å². The largest absolute Gasteiger partial charge is 0.245 e. The van der Waals surface area contributed by atoms with Crippen LogP contribution in [-0.4, -0.2) is 6.61 Å². The van der Waals surface area contributed by atoms with Gasteiger partial charge in [-0.3, -0.25) is 0 Å². The Morgan fingerprint density at radius 1 is 0.882 bits per heavy atom. The maximum atomic E-state index is 13.0. The molecule has 0 fully saturated rings. The first kappa shape index (κ1) is 13.6. The number of hydrogen-bond donors (Lipinski definition) is 0. The minimum atomic E-state index is -2.35. The quantitative estimate of drug-likeness (QED) is 0.270. The summed E-state index contributed by atoms with van der Waals surface area (Å²) in [5.41, 5.74) is -1.77. The molecule has 1 aromatic rings. The minimum absolute atomic E-state index is 0.282. The molecule has 0 aromatic heterocycles. The average molecular weight is 259 g/mol. The number of benzene rings is 1. The second kappa shape index (κ2) is 5.26. The highest BCUT2D eigenvalue weighted by Crippen LogP contribution is 2.30. The molecule has 0 saturated carbocycles. The summed E-state index contributed by atoms with van der Waals surface area (Å²) < 4.78 is 77.0. The van der Waals surface area contributed by atoms with Gasteiger partial charge in [0.05, 0.1) is 6.61 Å². The third kappa shape index (κ3) is 2.46. The Morgan fingerprint density at radius 3 is 1.71 bits per heavy atom. The van der Waals surface area contributed by atoms with Crippen LogP contribution in [0, 0.1) is 29.1 Å². The first-order chi connectivity index (χ1) is 7.91. The van der Waals surface area contributed by atoms with Crippen molar-refractivity contribution in [2.24, 2.45) is 0 Å². The van der Waals surface area contributed by atoms with Crippen LogP contribution in [0.15, 0.2) is 0 Å². The molecule has 17 heavy (non-hydrogen) atoms. The van der Waals surface area contributed by atoms with Gasteiger partial charge in [0.2, 0.25) is 5.82 Å². The molecule has 8 heteroatoms. The van der Waals surface area contributed by atoms with Crippen molar-refractivity contribution in [2.45, 2.75) is 13.3 Å². The number of anilines is 1. The number of rotatable bonds is 4. The summed E-state index contributed by atoms with van der Waals surface area (Å²) in [5, 5.41) is -0.972. The molecule has 0 atom stereocenters. The van der Waals surface area contributed by atoms with Crippen LogP contribution in [-0.2, 0) is 4.84 Å². The lowest BCUT2D eigenvalue weighted by Gasteiger charge is -2.15. The fourth-order valence-corrected chi connectivity index (χ4v) is 0.984. The van der Waals surface area contributed by atoms with Gasteiger partial charge in [0.1, 0.15) is 0 Å². The second-order valence-corrected chi connectivity index (χ2v) is 3.00. The van der Waals surface area contributed by atoms with Crippen molar-refractivity contribution < 1.29 is 31.3 Å². The maximum Gasteiger partial charge on any atom is 0.200 e. The molecular formula is C9H7F6NO. The lowest BCUT2D eigenvalue weighted by atomic mass is 10.2. The molecule has 0 aliphatic heterocycles. The fourth-order valence-electron chi connectivity index (χ4n) is 0.984. The lowest BCUT2D eigenvalue weighted by Crippen LogP contribution is -2.19. The Morgan fingerprint density at radius 2 is 1.29 bits per heavy atom. The first-order valence-corrected chi connectivity index (χ1v) is 4.52. The predicted molar refractivity (Wildman–Crippen MR) is 46.1 cm³/mol. The Hall–Kier alpha value is -1.44. The van der Waals surface area contributed by atoms with Gasteiger partial charge in [-0.1, -0.05) is 16.7 Å². The van der Waals surface area contributed by atoms with Crippen LogP contribution in [0.25, 0.3) is 0 Å². The van der Waals surface area contributed by atoms with Crippen LogP contribution in [0.2, 0.25) is 0 Å². The second-order valence-electron chi connectivity index (χ2n) is 3.00. The summed E-state index contributed by atoms with van der Waals surface area (Å²) in [4.78, 5) is 4.12. The Kier molecular flexibility index (Phi) is 4.22. The zero-order chi connectivity index (χ0) is 13.2. The summed E-state index contributed by atoms with van der Waals surface area (Å²) in [6.07, 6.45) is 0.288. The van der Waals surface area contributed by atoms with Crippen LogP contribution >= 0.6 is 0 Å². The highest BCUT2D eigenvalue weighted by atomic mass is 19.2. The zero-order valence-electron chi connectivity index (χ0n) is 8.54. The molecule has 0 aliphatic rings. The summed E-state index contributed by atoms with van der Waals surface area (Å²) in [6.45, 7) is 1.28. The Labute approximate surface area is 92.3 Å². The van der Waals surface area contributed by atoms with E-state index in [2.05, 4.69) is 4.84 Å². The van der Waals surface area contributed by atoms with Gasteiger partial charge in [-0.15, -0.1) is 0 Å². The molecule has 2 nitrogen and oxygen atoms in total. The lowest BCUT2D eigenvalue weighted by molar-refractivity contribution is 0.0156. The van der Waals surface area contributed by atoms with E-state index < -0.39 is 40.1 Å². The van der Waals surface area contributed by atoms with Gasteiger partial charge < -0.3 is 0 Å². The van der Waals surface area contributed by atoms with E-state index in [-0.39, 0.29) is 13.0 Å². The smallest absolute Gasteiger partial charge is 0.200 e. The highest BCUT2D eigenvalue weighted by molar-refractivity contribution is 5.46. The fraction of sp³-hybridized carbons (Fsp3) is 0.333. The van der Waals surface area contributed by atoms with E-state index in [1.165, 1.54) is 0 Å². The van der Waals surface area contributed by atoms with Gasteiger partial charge >= 0.3 is 0 Å². The predicted octanol–water partition coefficient (Wildman–Crippen LogP) is 3.41. The van der Waals surface area contributed by atoms with Gasteiger partial charge in [-0.2, -0.15) is 0 Å². The molecule has 0 amide bonds. The van der Waals surface area contributed by atoms with E-state index in [9.17, 15) is 26.4 Å². The van der Waals surface area contributed by atoms with Crippen LogP contribution in [0.5, 0.6) is 0 Å². The molecule has 1 aromatic carbocycles. The number of halogens is 6. The number of hydrogen-bond acceptors (Lipinski definition) is 2. The monoisotopic (exact) mass is 259 g/mol. The van der Waals surface area contributed by atoms with E-state index in [4.69, 9.17) is 0 Å². The van der Waals surface area contributed by atoms with Crippen molar-refractivity contribution in [1.29, 1.82) is 0 Å². The minimum Gasteiger partial charge on any atom is -0.245 e. The van der Waals surface area contributed by atoms with Crippen LogP contribution in [0.1, 0.15) is 13.3 Å². The number of nitrogens with zero attached hydrogens (tertiary/aromatic N) is 1. The van der Waals surface area contributed by atoms with Crippen LogP contribution < -0.4 is 5.29 Å². The first-order valence-electron chi connectivity index (χ1n) is 4.52. The third-order valence-electron chi connectivity index (χ3n) is 1.77. The molecule has 0 unspecified atom stereocenters. The third-order valence-corrected chi connectivity index (χ3v) is 1.77. The topological polar surface area (TPSA) is 12.5 Å². The normalized spacial score (nSPS) is 10.8. The van der Waals surface area contributed by atoms with E-state index in [0.29, 0.717) is 0 Å². The summed E-state index contributed by atoms with van der Waals surface area (Å²) in [5.74, 6) is -11.4. The molecule has 96 valence electrons. The summed E-state index contributed by atoms with van der Waals surface area (Å²) in [7, 11) is 0. The Bertz CT molecular complexity index is 395. The summed E-state index contributed by atoms with van der Waals surface area (Å²) in [6, 6.07) is 0. The molecular weight excluding hydrogens is 252 g/mol. The van der Waals surface area contributed by atoms with Crippen molar-refractivity contribution in [3.05, 3.63) is 29.1 Å². The van der Waals surface area contributed by atoms with E-state index in [1.807, 2.05) is 0 Å². The van der Waals surface area contributed by atoms with Crippen LogP contribution in [0.4, 0.5) is 32.1 Å². The van der Waals surface area contributed by atoms with Crippen molar-refractivity contribution in [3.8, 4) is 0 Å². The van der Waals surface area contributed by atoms with Crippen molar-refractivity contribution >= 4 is 5.69 Å². The van der Waals surface area contributed by atoms with Gasteiger partial charge in [-0.05, 0) is 6.42 Å². The van der Waals surface area contributed by atoms with Crippen LogP contribution in [0.3, 0.4) is 0 Å². The molecule has 0 aliphatic carbocycles. The standard InChI is InChI=1S/C9H7F6NO/c1-2-3-17-16(15)9-7(13)5(11)4(10)6(12)8(9)14/h2-3H2,1H3. The van der Waals surface area contributed by atoms with Crippen molar-refractivity contribution in [3.63, 3.8) is 0 Å².